The van der Waals surface area contributed by atoms with E-state index in [-0.39, 0.29) is 17.4 Å². The van der Waals surface area contributed by atoms with Crippen molar-refractivity contribution in [1.29, 1.82) is 0 Å². The lowest BCUT2D eigenvalue weighted by Gasteiger charge is -1.97. The zero-order valence-corrected chi connectivity index (χ0v) is 10.7. The van der Waals surface area contributed by atoms with Crippen LogP contribution in [0.4, 0.5) is 0 Å². The lowest BCUT2D eigenvalue weighted by molar-refractivity contribution is -0.112. The molecule has 0 spiro atoms. The zero-order valence-electron chi connectivity index (χ0n) is 9.94. The second kappa shape index (κ2) is 5.18. The van der Waals surface area contributed by atoms with E-state index in [1.807, 2.05) is 0 Å². The minimum absolute atomic E-state index is 0.0762. The number of aromatic nitrogens is 1. The number of hydrogen-bond donors (Lipinski definition) is 0. The summed E-state index contributed by atoms with van der Waals surface area (Å²) in [6, 6.07) is 5.05. The molecule has 0 fully saturated rings. The SMILES string of the molecule is CCC(=O)/C(=N\OC)c1nc2ccc(Cl)cc2o1. The number of rotatable bonds is 4. The molecule has 0 aliphatic carbocycles. The van der Waals surface area contributed by atoms with Gasteiger partial charge in [-0.05, 0) is 12.1 Å². The van der Waals surface area contributed by atoms with Gasteiger partial charge in [0.15, 0.2) is 11.4 Å². The molecule has 6 heteroatoms. The van der Waals surface area contributed by atoms with Gasteiger partial charge in [-0.1, -0.05) is 23.7 Å². The van der Waals surface area contributed by atoms with Gasteiger partial charge in [-0.3, -0.25) is 4.79 Å². The molecule has 0 N–H and O–H groups in total. The maximum absolute atomic E-state index is 11.7. The molecule has 0 bridgehead atoms. The molecule has 1 aromatic heterocycles. The van der Waals surface area contributed by atoms with E-state index in [1.54, 1.807) is 25.1 Å². The van der Waals surface area contributed by atoms with Crippen LogP contribution in [0.5, 0.6) is 0 Å². The van der Waals surface area contributed by atoms with Crippen LogP contribution in [-0.2, 0) is 9.63 Å². The van der Waals surface area contributed by atoms with Gasteiger partial charge >= 0.3 is 0 Å². The number of nitrogens with zero attached hydrogens (tertiary/aromatic N) is 2. The van der Waals surface area contributed by atoms with Gasteiger partial charge in [-0.25, -0.2) is 4.98 Å². The van der Waals surface area contributed by atoms with Crippen molar-refractivity contribution in [2.75, 3.05) is 7.11 Å². The van der Waals surface area contributed by atoms with Crippen molar-refractivity contribution in [3.05, 3.63) is 29.1 Å². The Hall–Kier alpha value is -1.88. The number of hydrogen-bond acceptors (Lipinski definition) is 5. The first kappa shape index (κ1) is 12.6. The molecule has 18 heavy (non-hydrogen) atoms. The molecular formula is C12H11ClN2O3. The Morgan fingerprint density at radius 2 is 2.33 bits per heavy atom. The highest BCUT2D eigenvalue weighted by Crippen LogP contribution is 2.20. The van der Waals surface area contributed by atoms with E-state index < -0.39 is 0 Å². The van der Waals surface area contributed by atoms with Crippen LogP contribution in [0.2, 0.25) is 5.02 Å². The van der Waals surface area contributed by atoms with Crippen molar-refractivity contribution in [3.8, 4) is 0 Å². The van der Waals surface area contributed by atoms with Crippen molar-refractivity contribution >= 4 is 34.2 Å². The summed E-state index contributed by atoms with van der Waals surface area (Å²) in [6.45, 7) is 1.73. The molecule has 94 valence electrons. The summed E-state index contributed by atoms with van der Waals surface area (Å²) >= 11 is 5.85. The van der Waals surface area contributed by atoms with Gasteiger partial charge < -0.3 is 9.25 Å². The predicted octanol–water partition coefficient (Wildman–Crippen LogP) is 2.81. The van der Waals surface area contributed by atoms with Crippen molar-refractivity contribution in [1.82, 2.24) is 4.98 Å². The van der Waals surface area contributed by atoms with Gasteiger partial charge in [-0.2, -0.15) is 0 Å². The van der Waals surface area contributed by atoms with E-state index in [2.05, 4.69) is 15.0 Å². The first-order chi connectivity index (χ1) is 8.65. The number of carbonyl (C=O) groups is 1. The highest BCUT2D eigenvalue weighted by molar-refractivity contribution is 6.44. The lowest BCUT2D eigenvalue weighted by atomic mass is 10.2. The van der Waals surface area contributed by atoms with E-state index in [1.165, 1.54) is 7.11 Å². The van der Waals surface area contributed by atoms with E-state index >= 15 is 0 Å². The smallest absolute Gasteiger partial charge is 0.253 e. The highest BCUT2D eigenvalue weighted by atomic mass is 35.5. The summed E-state index contributed by atoms with van der Waals surface area (Å²) in [5, 5.41) is 4.20. The molecule has 5 nitrogen and oxygen atoms in total. The third kappa shape index (κ3) is 2.36. The Bertz CT molecular complexity index is 619. The monoisotopic (exact) mass is 266 g/mol. The second-order valence-corrected chi connectivity index (χ2v) is 3.97. The minimum Gasteiger partial charge on any atom is -0.434 e. The normalized spacial score (nSPS) is 11.8. The molecule has 2 rings (SSSR count). The minimum atomic E-state index is -0.200. The van der Waals surface area contributed by atoms with E-state index in [9.17, 15) is 4.79 Å². The van der Waals surface area contributed by atoms with Gasteiger partial charge in [0.25, 0.3) is 5.89 Å². The molecule has 1 aromatic carbocycles. The molecule has 0 aliphatic heterocycles. The average Bonchev–Trinajstić information content (AvgIpc) is 2.77. The number of ketones is 1. The number of benzene rings is 1. The molecule has 0 aliphatic rings. The summed E-state index contributed by atoms with van der Waals surface area (Å²) < 4.78 is 5.46. The molecule has 0 saturated heterocycles. The molecule has 0 saturated carbocycles. The van der Waals surface area contributed by atoms with Gasteiger partial charge in [0.05, 0.1) is 0 Å². The van der Waals surface area contributed by atoms with Crippen LogP contribution < -0.4 is 0 Å². The highest BCUT2D eigenvalue weighted by Gasteiger charge is 2.19. The fourth-order valence-electron chi connectivity index (χ4n) is 1.47. The number of fused-ring (bicyclic) bond motifs is 1. The number of oxime groups is 1. The Balaban J connectivity index is 2.51. The average molecular weight is 267 g/mol. The third-order valence-electron chi connectivity index (χ3n) is 2.32. The van der Waals surface area contributed by atoms with Gasteiger partial charge in [0.1, 0.15) is 12.6 Å². The van der Waals surface area contributed by atoms with Crippen molar-refractivity contribution in [2.24, 2.45) is 5.16 Å². The Kier molecular flexibility index (Phi) is 3.62. The number of oxazole rings is 1. The first-order valence-electron chi connectivity index (χ1n) is 5.36. The van der Waals surface area contributed by atoms with Crippen LogP contribution >= 0.6 is 11.6 Å². The van der Waals surface area contributed by atoms with Gasteiger partial charge in [0, 0.05) is 17.5 Å². The van der Waals surface area contributed by atoms with Gasteiger partial charge in [0.2, 0.25) is 5.71 Å². The Labute approximate surface area is 108 Å². The lowest BCUT2D eigenvalue weighted by Crippen LogP contribution is -2.15. The summed E-state index contributed by atoms with van der Waals surface area (Å²) in [5.74, 6) is -0.0598. The topological polar surface area (TPSA) is 64.7 Å². The maximum Gasteiger partial charge on any atom is 0.253 e. The van der Waals surface area contributed by atoms with Crippen molar-refractivity contribution in [2.45, 2.75) is 13.3 Å². The van der Waals surface area contributed by atoms with Crippen molar-refractivity contribution in [3.63, 3.8) is 0 Å². The molecular weight excluding hydrogens is 256 g/mol. The quantitative estimate of drug-likeness (QED) is 0.630. The Morgan fingerprint density at radius 3 is 3.00 bits per heavy atom. The molecule has 0 radical (unpaired) electrons. The summed E-state index contributed by atoms with van der Waals surface area (Å²) in [6.07, 6.45) is 0.293. The van der Waals surface area contributed by atoms with Crippen LogP contribution in [0.15, 0.2) is 27.8 Å². The fourth-order valence-corrected chi connectivity index (χ4v) is 1.63. The second-order valence-electron chi connectivity index (χ2n) is 3.53. The van der Waals surface area contributed by atoms with Crippen LogP contribution in [-0.4, -0.2) is 23.6 Å². The standard InChI is InChI=1S/C12H11ClN2O3/c1-3-9(16)11(15-17-2)12-14-8-5-4-7(13)6-10(8)18-12/h4-6H,3H2,1-2H3/b15-11+. The largest absolute Gasteiger partial charge is 0.434 e. The van der Waals surface area contributed by atoms with E-state index in [0.717, 1.165) is 0 Å². The molecule has 0 unspecified atom stereocenters. The summed E-state index contributed by atoms with van der Waals surface area (Å²) in [7, 11) is 1.36. The number of Topliss-reactive ketones (excluding diaryl/α,β-unsaturated/α-hetero) is 1. The third-order valence-corrected chi connectivity index (χ3v) is 2.56. The zero-order chi connectivity index (χ0) is 13.1. The predicted molar refractivity (Wildman–Crippen MR) is 67.9 cm³/mol. The summed E-state index contributed by atoms with van der Waals surface area (Å²) in [4.78, 5) is 20.5. The molecule has 0 atom stereocenters. The van der Waals surface area contributed by atoms with Crippen LogP contribution in [0.1, 0.15) is 19.2 Å². The van der Waals surface area contributed by atoms with Gasteiger partial charge in [-0.15, -0.1) is 0 Å². The van der Waals surface area contributed by atoms with Crippen LogP contribution in [0, 0.1) is 0 Å². The number of carbonyl (C=O) groups excluding carboxylic acids is 1. The maximum atomic E-state index is 11.7. The molecule has 1 heterocycles. The molecule has 2 aromatic rings. The van der Waals surface area contributed by atoms with Crippen molar-refractivity contribution < 1.29 is 14.0 Å². The molecule has 0 amide bonds. The summed E-state index contributed by atoms with van der Waals surface area (Å²) in [5.41, 5.74) is 1.19. The van der Waals surface area contributed by atoms with Crippen LogP contribution in [0.25, 0.3) is 11.1 Å². The van der Waals surface area contributed by atoms with E-state index in [4.69, 9.17) is 16.0 Å². The Morgan fingerprint density at radius 1 is 1.56 bits per heavy atom. The van der Waals surface area contributed by atoms with E-state index in [0.29, 0.717) is 22.5 Å². The first-order valence-corrected chi connectivity index (χ1v) is 5.74. The fraction of sp³-hybridized carbons (Fsp3) is 0.250. The number of halogens is 1. The van der Waals surface area contributed by atoms with Crippen LogP contribution in [0.3, 0.4) is 0 Å².